The largest absolute Gasteiger partial charge is 0.466 e. The van der Waals surface area contributed by atoms with Crippen LogP contribution in [-0.2, 0) is 34.5 Å². The summed E-state index contributed by atoms with van der Waals surface area (Å²) in [6.07, 6.45) is -14.2. The van der Waals surface area contributed by atoms with E-state index in [0.29, 0.717) is 0 Å². The van der Waals surface area contributed by atoms with E-state index < -0.39 is 53.0 Å². The van der Waals surface area contributed by atoms with Gasteiger partial charge in [-0.15, -0.1) is 0 Å². The summed E-state index contributed by atoms with van der Waals surface area (Å²) in [4.78, 5) is 12.9. The second-order valence-electron chi connectivity index (χ2n) is 9.22. The first-order chi connectivity index (χ1) is 18.6. The maximum atomic E-state index is 13.5. The van der Waals surface area contributed by atoms with Gasteiger partial charge in [0.2, 0.25) is 0 Å². The summed E-state index contributed by atoms with van der Waals surface area (Å²) in [5.41, 5.74) is -2.51. The quantitative estimate of drug-likeness (QED) is 0.188. The first-order valence-corrected chi connectivity index (χ1v) is 12.3. The highest BCUT2D eigenvalue weighted by molar-refractivity contribution is 5.78. The van der Waals surface area contributed by atoms with Crippen molar-refractivity contribution in [1.82, 2.24) is 0 Å². The number of benzene rings is 3. The Morgan fingerprint density at radius 2 is 1.18 bits per heavy atom. The Kier molecular flexibility index (Phi) is 9.58. The lowest BCUT2D eigenvalue weighted by Gasteiger charge is -2.25. The third-order valence-corrected chi connectivity index (χ3v) is 6.43. The fourth-order valence-electron chi connectivity index (χ4n) is 4.46. The monoisotopic (exact) mass is 576 g/mol. The number of carbonyl (C=O) groups is 1. The number of esters is 1. The second kappa shape index (κ2) is 12.3. The molecule has 0 fully saturated rings. The fourth-order valence-corrected chi connectivity index (χ4v) is 4.46. The topological polar surface area (TPSA) is 26.3 Å². The molecule has 0 amide bonds. The van der Waals surface area contributed by atoms with E-state index in [1.807, 2.05) is 0 Å². The van der Waals surface area contributed by atoms with Gasteiger partial charge in [0.05, 0.1) is 29.2 Å². The Hall–Kier alpha value is -3.50. The average Bonchev–Trinajstić information content (AvgIpc) is 2.88. The van der Waals surface area contributed by atoms with Crippen molar-refractivity contribution in [3.8, 4) is 0 Å². The third kappa shape index (κ3) is 8.25. The van der Waals surface area contributed by atoms with E-state index in [-0.39, 0.29) is 42.6 Å². The molecule has 2 nitrogen and oxygen atoms in total. The van der Waals surface area contributed by atoms with Crippen LogP contribution in [0.5, 0.6) is 0 Å². The number of halogens is 9. The molecule has 0 aliphatic heterocycles. The molecule has 0 radical (unpaired) electrons. The predicted octanol–water partition coefficient (Wildman–Crippen LogP) is 9.20. The molecule has 2 unspecified atom stereocenters. The molecule has 0 heterocycles. The van der Waals surface area contributed by atoms with Crippen LogP contribution in [0, 0.1) is 0 Å². The summed E-state index contributed by atoms with van der Waals surface area (Å²) in [5.74, 6) is -2.98. The van der Waals surface area contributed by atoms with Gasteiger partial charge in [-0.05, 0) is 67.0 Å². The minimum absolute atomic E-state index is 0.00294. The van der Waals surface area contributed by atoms with Crippen LogP contribution < -0.4 is 0 Å². The van der Waals surface area contributed by atoms with Crippen molar-refractivity contribution < 1.29 is 49.0 Å². The second-order valence-corrected chi connectivity index (χ2v) is 9.22. The highest BCUT2D eigenvalue weighted by atomic mass is 19.4. The van der Waals surface area contributed by atoms with Crippen LogP contribution in [0.25, 0.3) is 0 Å². The number of hydrogen-bond acceptors (Lipinski definition) is 2. The van der Waals surface area contributed by atoms with E-state index in [1.54, 1.807) is 0 Å². The van der Waals surface area contributed by atoms with Crippen molar-refractivity contribution in [3.63, 3.8) is 0 Å². The number of hydrogen-bond donors (Lipinski definition) is 0. The van der Waals surface area contributed by atoms with Crippen LogP contribution in [0.3, 0.4) is 0 Å². The summed E-state index contributed by atoms with van der Waals surface area (Å²) in [6.45, 7) is 1.41. The third-order valence-electron chi connectivity index (χ3n) is 6.43. The zero-order valence-electron chi connectivity index (χ0n) is 21.1. The Bertz CT molecular complexity index is 1290. The molecule has 0 spiro atoms. The van der Waals surface area contributed by atoms with E-state index >= 15 is 0 Å². The van der Waals surface area contributed by atoms with Crippen molar-refractivity contribution in [3.05, 3.63) is 106 Å². The van der Waals surface area contributed by atoms with Crippen molar-refractivity contribution >= 4 is 5.97 Å². The number of alkyl halides is 9. The molecule has 11 heteroatoms. The molecule has 216 valence electrons. The maximum Gasteiger partial charge on any atom is 0.416 e. The molecular weight excluding hydrogens is 551 g/mol. The Morgan fingerprint density at radius 1 is 0.700 bits per heavy atom. The number of carbonyl (C=O) groups excluding carboxylic acids is 1. The molecule has 0 aliphatic carbocycles. The van der Waals surface area contributed by atoms with Gasteiger partial charge in [0, 0.05) is 0 Å². The molecule has 0 aliphatic rings. The van der Waals surface area contributed by atoms with E-state index in [9.17, 15) is 44.3 Å². The molecule has 3 aromatic rings. The van der Waals surface area contributed by atoms with Crippen LogP contribution in [0.1, 0.15) is 65.0 Å². The van der Waals surface area contributed by atoms with E-state index in [0.717, 1.165) is 42.5 Å². The Morgan fingerprint density at radius 3 is 1.70 bits per heavy atom. The number of ether oxygens (including phenoxy) is 1. The van der Waals surface area contributed by atoms with Gasteiger partial charge >= 0.3 is 24.5 Å². The van der Waals surface area contributed by atoms with E-state index in [1.165, 1.54) is 37.3 Å². The van der Waals surface area contributed by atoms with Gasteiger partial charge in [0.1, 0.15) is 0 Å². The van der Waals surface area contributed by atoms with E-state index in [4.69, 9.17) is 4.74 Å². The molecule has 0 N–H and O–H groups in total. The van der Waals surface area contributed by atoms with Gasteiger partial charge < -0.3 is 4.74 Å². The van der Waals surface area contributed by atoms with Gasteiger partial charge in [0.15, 0.2) is 0 Å². The van der Waals surface area contributed by atoms with Crippen LogP contribution in [0.2, 0.25) is 0 Å². The average molecular weight is 576 g/mol. The lowest BCUT2D eigenvalue weighted by molar-refractivity contribution is -0.145. The first-order valence-electron chi connectivity index (χ1n) is 12.3. The summed E-state index contributed by atoms with van der Waals surface area (Å²) in [5, 5.41) is 0. The molecule has 0 aromatic heterocycles. The number of rotatable bonds is 9. The molecule has 0 saturated heterocycles. The summed E-state index contributed by atoms with van der Waals surface area (Å²) in [7, 11) is 0. The smallest absolute Gasteiger partial charge is 0.416 e. The number of aryl methyl sites for hydroxylation is 1. The van der Waals surface area contributed by atoms with Crippen molar-refractivity contribution in [1.29, 1.82) is 0 Å². The van der Waals surface area contributed by atoms with Crippen molar-refractivity contribution in [2.45, 2.75) is 56.6 Å². The van der Waals surface area contributed by atoms with Crippen molar-refractivity contribution in [2.24, 2.45) is 0 Å². The zero-order chi connectivity index (χ0) is 29.7. The van der Waals surface area contributed by atoms with Gasteiger partial charge in [-0.25, -0.2) is 0 Å². The molecular formula is C29H25F9O2. The lowest BCUT2D eigenvalue weighted by Crippen LogP contribution is -2.20. The Balaban J connectivity index is 2.03. The molecule has 0 bridgehead atoms. The summed E-state index contributed by atoms with van der Waals surface area (Å²) >= 11 is 0. The summed E-state index contributed by atoms with van der Waals surface area (Å²) in [6, 6.07) is 12.8. The molecule has 0 saturated carbocycles. The van der Waals surface area contributed by atoms with Crippen LogP contribution in [-0.4, -0.2) is 12.6 Å². The first kappa shape index (κ1) is 31.0. The molecule has 40 heavy (non-hydrogen) atoms. The predicted molar refractivity (Wildman–Crippen MR) is 129 cm³/mol. The van der Waals surface area contributed by atoms with Gasteiger partial charge in [-0.3, -0.25) is 4.79 Å². The van der Waals surface area contributed by atoms with E-state index in [2.05, 4.69) is 0 Å². The molecule has 2 atom stereocenters. The van der Waals surface area contributed by atoms with Gasteiger partial charge in [-0.2, -0.15) is 39.5 Å². The highest BCUT2D eigenvalue weighted by Crippen LogP contribution is 2.39. The van der Waals surface area contributed by atoms with Crippen LogP contribution >= 0.6 is 0 Å². The SMILES string of the molecule is CCOC(=O)C(CC(CCc1cccc(C(F)(F)F)c1)c1cccc(C(F)(F)F)c1)c1cccc(C(F)(F)F)c1. The standard InChI is InChI=1S/C29H25F9O2/c1-2-40-26(39)25(21-8-5-11-24(16-21)29(36,37)38)17-20(19-7-4-10-23(15-19)28(33,34)35)13-12-18-6-3-9-22(14-18)27(30,31)32/h3-11,14-16,20,25H,2,12-13,17H2,1H3. The van der Waals surface area contributed by atoms with Crippen molar-refractivity contribution in [2.75, 3.05) is 6.61 Å². The fraction of sp³-hybridized carbons (Fsp3) is 0.345. The van der Waals surface area contributed by atoms with Gasteiger partial charge in [0.25, 0.3) is 0 Å². The zero-order valence-corrected chi connectivity index (χ0v) is 21.1. The normalized spacial score (nSPS) is 14.1. The lowest BCUT2D eigenvalue weighted by atomic mass is 9.81. The minimum Gasteiger partial charge on any atom is -0.466 e. The Labute approximate surface area is 224 Å². The minimum atomic E-state index is -4.71. The molecule has 3 rings (SSSR count). The van der Waals surface area contributed by atoms with Crippen LogP contribution in [0.4, 0.5) is 39.5 Å². The highest BCUT2D eigenvalue weighted by Gasteiger charge is 2.35. The van der Waals surface area contributed by atoms with Gasteiger partial charge in [-0.1, -0.05) is 54.6 Å². The molecule has 3 aromatic carbocycles. The maximum absolute atomic E-state index is 13.5. The van der Waals surface area contributed by atoms with Crippen LogP contribution in [0.15, 0.2) is 72.8 Å². The summed E-state index contributed by atoms with van der Waals surface area (Å²) < 4.78 is 125.